The molecule has 0 aliphatic heterocycles. The zero-order valence-corrected chi connectivity index (χ0v) is 19.7. The Balaban J connectivity index is 0.000000426. The monoisotopic (exact) mass is 522 g/mol. The highest BCUT2D eigenvalue weighted by Gasteiger charge is 2.38. The molecule has 2 aromatic carbocycles. The van der Waals surface area contributed by atoms with Crippen molar-refractivity contribution in [3.63, 3.8) is 0 Å². The Morgan fingerprint density at radius 3 is 2.26 bits per heavy atom. The molecule has 0 bridgehead atoms. The van der Waals surface area contributed by atoms with Crippen LogP contribution in [0.3, 0.4) is 0 Å². The molecule has 3 aromatic heterocycles. The number of carbonyl (C=O) groups is 1. The molecule has 12 heteroatoms. The Bertz CT molecular complexity index is 1580. The number of carboxylic acids is 1. The molecule has 0 aliphatic rings. The molecule has 38 heavy (non-hydrogen) atoms. The van der Waals surface area contributed by atoms with Crippen LogP contribution in [0.1, 0.15) is 11.4 Å². The molecule has 9 nitrogen and oxygen atoms in total. The van der Waals surface area contributed by atoms with E-state index < -0.39 is 12.1 Å². The molecule has 0 unspecified atom stereocenters. The lowest BCUT2D eigenvalue weighted by molar-refractivity contribution is -0.192. The van der Waals surface area contributed by atoms with Crippen molar-refractivity contribution in [2.75, 3.05) is 0 Å². The van der Waals surface area contributed by atoms with Crippen LogP contribution in [0.5, 0.6) is 0 Å². The van der Waals surface area contributed by atoms with E-state index in [0.717, 1.165) is 39.0 Å². The van der Waals surface area contributed by atoms with E-state index in [0.29, 0.717) is 18.9 Å². The summed E-state index contributed by atoms with van der Waals surface area (Å²) in [6.45, 7) is 1.15. The van der Waals surface area contributed by atoms with Crippen molar-refractivity contribution in [1.29, 1.82) is 0 Å². The number of carboxylic acid groups (broad SMARTS) is 1. The Morgan fingerprint density at radius 1 is 0.921 bits per heavy atom. The third kappa shape index (κ3) is 6.68. The molecule has 0 amide bonds. The highest BCUT2D eigenvalue weighted by atomic mass is 19.4. The maximum Gasteiger partial charge on any atom is 0.490 e. The van der Waals surface area contributed by atoms with Crippen LogP contribution >= 0.6 is 0 Å². The number of rotatable bonds is 6. The van der Waals surface area contributed by atoms with E-state index in [1.54, 1.807) is 6.20 Å². The van der Waals surface area contributed by atoms with Gasteiger partial charge in [0.25, 0.3) is 0 Å². The molecule has 4 N–H and O–H groups in total. The first-order valence-corrected chi connectivity index (χ1v) is 11.3. The number of aromatic amines is 2. The van der Waals surface area contributed by atoms with E-state index in [-0.39, 0.29) is 5.69 Å². The van der Waals surface area contributed by atoms with Crippen LogP contribution in [0.4, 0.5) is 13.2 Å². The summed E-state index contributed by atoms with van der Waals surface area (Å²) in [4.78, 5) is 32.0. The summed E-state index contributed by atoms with van der Waals surface area (Å²) in [7, 11) is 0. The Labute approximate surface area is 213 Å². The quantitative estimate of drug-likeness (QED) is 0.261. The van der Waals surface area contributed by atoms with Gasteiger partial charge in [0.15, 0.2) is 0 Å². The minimum atomic E-state index is -5.08. The van der Waals surface area contributed by atoms with E-state index >= 15 is 0 Å². The van der Waals surface area contributed by atoms with Gasteiger partial charge in [-0.1, -0.05) is 54.6 Å². The summed E-state index contributed by atoms with van der Waals surface area (Å²) in [5, 5.41) is 16.7. The highest BCUT2D eigenvalue weighted by Crippen LogP contribution is 2.33. The summed E-state index contributed by atoms with van der Waals surface area (Å²) in [6.07, 6.45) is -3.29. The second-order valence-corrected chi connectivity index (χ2v) is 8.02. The zero-order chi connectivity index (χ0) is 27.1. The van der Waals surface area contributed by atoms with Gasteiger partial charge in [-0.3, -0.25) is 9.97 Å². The van der Waals surface area contributed by atoms with Gasteiger partial charge in [-0.25, -0.2) is 19.7 Å². The minimum Gasteiger partial charge on any atom is -0.475 e. The van der Waals surface area contributed by atoms with Crippen molar-refractivity contribution in [2.24, 2.45) is 0 Å². The van der Waals surface area contributed by atoms with Crippen molar-refractivity contribution >= 4 is 17.0 Å². The predicted molar refractivity (Wildman–Crippen MR) is 134 cm³/mol. The van der Waals surface area contributed by atoms with Gasteiger partial charge in [0.05, 0.1) is 23.3 Å². The number of benzene rings is 2. The molecule has 0 saturated heterocycles. The number of fused-ring (bicyclic) bond motifs is 1. The smallest absolute Gasteiger partial charge is 0.475 e. The summed E-state index contributed by atoms with van der Waals surface area (Å²) in [5.41, 5.74) is 6.72. The summed E-state index contributed by atoms with van der Waals surface area (Å²) in [5.74, 6) is -2.17. The maximum atomic E-state index is 11.1. The van der Waals surface area contributed by atoms with Gasteiger partial charge < -0.3 is 10.4 Å². The van der Waals surface area contributed by atoms with Crippen LogP contribution in [0, 0.1) is 0 Å². The van der Waals surface area contributed by atoms with Crippen LogP contribution in [-0.2, 0) is 17.9 Å². The van der Waals surface area contributed by atoms with Gasteiger partial charge >= 0.3 is 17.8 Å². The molecule has 0 fully saturated rings. The molecule has 0 saturated carbocycles. The SMILES string of the molecule is O=C(O)C(F)(F)F.O=c1[nH]nc(CNCc2ccc(-c3nc4cccnc4cc3-c3ccccc3)cc2)[nH]1. The number of aliphatic carboxylic acids is 1. The predicted octanol–water partition coefficient (Wildman–Crippen LogP) is 4.30. The molecule has 0 aliphatic carbocycles. The van der Waals surface area contributed by atoms with Crippen LogP contribution in [0.2, 0.25) is 0 Å². The standard InChI is InChI=1S/C24H20N6O.C2HF3O2/c31-24-28-22(29-30-24)15-25-14-16-8-10-18(11-9-16)23-19(17-5-2-1-3-6-17)13-21-20(27-23)7-4-12-26-21;3-2(4,5)1(6)7/h1-13,25H,14-15H2,(H2,28,29,30,31);(H,6,7). The number of pyridine rings is 2. The molecular weight excluding hydrogens is 501 g/mol. The Kier molecular flexibility index (Phi) is 7.92. The number of hydrogen-bond donors (Lipinski definition) is 4. The fourth-order valence-electron chi connectivity index (χ4n) is 3.55. The number of nitrogens with zero attached hydrogens (tertiary/aromatic N) is 3. The molecule has 3 heterocycles. The van der Waals surface area contributed by atoms with Crippen molar-refractivity contribution in [1.82, 2.24) is 30.5 Å². The van der Waals surface area contributed by atoms with E-state index in [2.05, 4.69) is 67.9 Å². The fraction of sp³-hybridized carbons (Fsp3) is 0.115. The molecule has 5 aromatic rings. The average molecular weight is 522 g/mol. The first kappa shape index (κ1) is 26.2. The first-order valence-electron chi connectivity index (χ1n) is 11.3. The van der Waals surface area contributed by atoms with Crippen LogP contribution < -0.4 is 11.0 Å². The van der Waals surface area contributed by atoms with Gasteiger partial charge in [0.2, 0.25) is 0 Å². The van der Waals surface area contributed by atoms with E-state index in [1.807, 2.05) is 30.3 Å². The molecular formula is C26H21F3N6O3. The molecule has 0 spiro atoms. The maximum absolute atomic E-state index is 11.1. The lowest BCUT2D eigenvalue weighted by atomic mass is 9.98. The lowest BCUT2D eigenvalue weighted by Crippen LogP contribution is -2.21. The second-order valence-electron chi connectivity index (χ2n) is 8.02. The van der Waals surface area contributed by atoms with Gasteiger partial charge in [-0.05, 0) is 29.3 Å². The molecule has 194 valence electrons. The highest BCUT2D eigenvalue weighted by molar-refractivity contribution is 5.89. The largest absolute Gasteiger partial charge is 0.490 e. The van der Waals surface area contributed by atoms with Gasteiger partial charge in [-0.15, -0.1) is 0 Å². The Hall–Kier alpha value is -4.84. The third-order valence-electron chi connectivity index (χ3n) is 5.31. The molecule has 5 rings (SSSR count). The average Bonchev–Trinajstić information content (AvgIpc) is 3.33. The minimum absolute atomic E-state index is 0.298. The lowest BCUT2D eigenvalue weighted by Gasteiger charge is -2.12. The normalized spacial score (nSPS) is 11.1. The van der Waals surface area contributed by atoms with Gasteiger partial charge in [0, 0.05) is 23.9 Å². The van der Waals surface area contributed by atoms with Crippen LogP contribution in [0.15, 0.2) is 83.8 Å². The Morgan fingerprint density at radius 2 is 1.63 bits per heavy atom. The van der Waals surface area contributed by atoms with Gasteiger partial charge in [-0.2, -0.15) is 18.3 Å². The topological polar surface area (TPSA) is 137 Å². The number of nitrogens with one attached hydrogen (secondary N) is 3. The summed E-state index contributed by atoms with van der Waals surface area (Å²) >= 11 is 0. The van der Waals surface area contributed by atoms with E-state index in [1.165, 1.54) is 0 Å². The number of hydrogen-bond acceptors (Lipinski definition) is 6. The fourth-order valence-corrected chi connectivity index (χ4v) is 3.55. The van der Waals surface area contributed by atoms with Crippen LogP contribution in [-0.4, -0.2) is 42.4 Å². The summed E-state index contributed by atoms with van der Waals surface area (Å²) in [6, 6.07) is 24.6. The first-order chi connectivity index (χ1) is 18.2. The number of aromatic nitrogens is 5. The number of alkyl halides is 3. The second kappa shape index (κ2) is 11.5. The molecule has 0 atom stereocenters. The number of H-pyrrole nitrogens is 2. The summed E-state index contributed by atoms with van der Waals surface area (Å²) < 4.78 is 31.7. The third-order valence-corrected chi connectivity index (χ3v) is 5.31. The van der Waals surface area contributed by atoms with Crippen molar-refractivity contribution in [3.8, 4) is 22.4 Å². The van der Waals surface area contributed by atoms with Crippen molar-refractivity contribution in [2.45, 2.75) is 19.3 Å². The number of halogens is 3. The van der Waals surface area contributed by atoms with Crippen LogP contribution in [0.25, 0.3) is 33.4 Å². The van der Waals surface area contributed by atoms with E-state index in [9.17, 15) is 18.0 Å². The van der Waals surface area contributed by atoms with Crippen molar-refractivity contribution < 1.29 is 23.1 Å². The van der Waals surface area contributed by atoms with Gasteiger partial charge in [0.1, 0.15) is 5.82 Å². The van der Waals surface area contributed by atoms with E-state index in [4.69, 9.17) is 14.9 Å². The zero-order valence-electron chi connectivity index (χ0n) is 19.7. The van der Waals surface area contributed by atoms with Crippen molar-refractivity contribution in [3.05, 3.63) is 101 Å². The molecule has 0 radical (unpaired) electrons.